The van der Waals surface area contributed by atoms with Crippen molar-refractivity contribution < 1.29 is 19.5 Å². The number of benzene rings is 1. The summed E-state index contributed by atoms with van der Waals surface area (Å²) in [4.78, 5) is 33.9. The van der Waals surface area contributed by atoms with E-state index in [1.54, 1.807) is 24.3 Å². The zero-order valence-corrected chi connectivity index (χ0v) is 12.3. The Morgan fingerprint density at radius 3 is 2.27 bits per heavy atom. The van der Waals surface area contributed by atoms with E-state index >= 15 is 0 Å². The molecule has 6 nitrogen and oxygen atoms in total. The van der Waals surface area contributed by atoms with Crippen molar-refractivity contribution in [3.63, 3.8) is 0 Å². The number of aliphatic carboxylic acids is 1. The number of unbranched alkanes of at least 4 members (excludes halogenated alkanes) is 1. The third-order valence-corrected chi connectivity index (χ3v) is 3.39. The number of nitrogens with one attached hydrogen (secondary N) is 2. The van der Waals surface area contributed by atoms with Crippen LogP contribution in [0.15, 0.2) is 24.3 Å². The van der Waals surface area contributed by atoms with Gasteiger partial charge >= 0.3 is 5.97 Å². The van der Waals surface area contributed by atoms with Crippen molar-refractivity contribution in [3.05, 3.63) is 29.8 Å². The van der Waals surface area contributed by atoms with Crippen LogP contribution in [0.5, 0.6) is 0 Å². The molecule has 6 heteroatoms. The maximum absolute atomic E-state index is 11.8. The summed E-state index contributed by atoms with van der Waals surface area (Å²) in [6.45, 7) is 0. The number of carbonyl (C=O) groups excluding carboxylic acids is 2. The number of carbonyl (C=O) groups is 3. The van der Waals surface area contributed by atoms with Crippen LogP contribution < -0.4 is 10.6 Å². The SMILES string of the molecule is O=C(O)CCCCC(=O)Nc1ccc(C(=O)NC2CC2)cc1. The van der Waals surface area contributed by atoms with E-state index in [0.717, 1.165) is 12.8 Å². The Bertz CT molecular complexity index is 550. The minimum atomic E-state index is -0.847. The molecule has 0 bridgehead atoms. The van der Waals surface area contributed by atoms with Crippen LogP contribution in [0.3, 0.4) is 0 Å². The fourth-order valence-corrected chi connectivity index (χ4v) is 1.99. The highest BCUT2D eigenvalue weighted by Gasteiger charge is 2.23. The van der Waals surface area contributed by atoms with Crippen molar-refractivity contribution in [1.29, 1.82) is 0 Å². The molecule has 1 fully saturated rings. The van der Waals surface area contributed by atoms with Crippen LogP contribution in [-0.2, 0) is 9.59 Å². The second kappa shape index (κ2) is 7.59. The highest BCUT2D eigenvalue weighted by atomic mass is 16.4. The highest BCUT2D eigenvalue weighted by Crippen LogP contribution is 2.19. The minimum Gasteiger partial charge on any atom is -0.481 e. The van der Waals surface area contributed by atoms with E-state index in [0.29, 0.717) is 30.1 Å². The van der Waals surface area contributed by atoms with E-state index in [2.05, 4.69) is 10.6 Å². The Labute approximate surface area is 128 Å². The predicted octanol–water partition coefficient (Wildman–Crippen LogP) is 2.16. The summed E-state index contributed by atoms with van der Waals surface area (Å²) in [5, 5.41) is 14.1. The van der Waals surface area contributed by atoms with E-state index in [-0.39, 0.29) is 24.7 Å². The summed E-state index contributed by atoms with van der Waals surface area (Å²) in [7, 11) is 0. The number of rotatable bonds is 8. The summed E-state index contributed by atoms with van der Waals surface area (Å²) in [6.07, 6.45) is 3.49. The van der Waals surface area contributed by atoms with Crippen molar-refractivity contribution in [2.24, 2.45) is 0 Å². The van der Waals surface area contributed by atoms with Gasteiger partial charge in [0.15, 0.2) is 0 Å². The highest BCUT2D eigenvalue weighted by molar-refractivity contribution is 5.96. The molecule has 0 saturated heterocycles. The van der Waals surface area contributed by atoms with Crippen LogP contribution in [0.4, 0.5) is 5.69 Å². The molecule has 1 saturated carbocycles. The molecule has 0 atom stereocenters. The number of carboxylic acid groups (broad SMARTS) is 1. The Morgan fingerprint density at radius 2 is 1.68 bits per heavy atom. The lowest BCUT2D eigenvalue weighted by atomic mass is 10.1. The molecule has 1 aliphatic rings. The second-order valence-electron chi connectivity index (χ2n) is 5.47. The molecule has 3 N–H and O–H groups in total. The molecule has 22 heavy (non-hydrogen) atoms. The van der Waals surface area contributed by atoms with E-state index in [1.807, 2.05) is 0 Å². The largest absolute Gasteiger partial charge is 0.481 e. The van der Waals surface area contributed by atoms with Crippen LogP contribution in [-0.4, -0.2) is 28.9 Å². The molecule has 0 unspecified atom stereocenters. The van der Waals surface area contributed by atoms with Crippen LogP contribution in [0, 0.1) is 0 Å². The molecule has 1 aromatic carbocycles. The minimum absolute atomic E-state index is 0.0814. The first-order chi connectivity index (χ1) is 10.5. The third-order valence-electron chi connectivity index (χ3n) is 3.39. The summed E-state index contributed by atoms with van der Waals surface area (Å²) in [6, 6.07) is 7.06. The van der Waals surface area contributed by atoms with Gasteiger partial charge in [0, 0.05) is 30.1 Å². The fourth-order valence-electron chi connectivity index (χ4n) is 1.99. The molecule has 0 aliphatic heterocycles. The number of carboxylic acids is 1. The van der Waals surface area contributed by atoms with Crippen LogP contribution in [0.25, 0.3) is 0 Å². The molecule has 1 aliphatic carbocycles. The lowest BCUT2D eigenvalue weighted by Crippen LogP contribution is -2.25. The zero-order valence-electron chi connectivity index (χ0n) is 12.3. The Kier molecular flexibility index (Phi) is 5.52. The van der Waals surface area contributed by atoms with Crippen molar-refractivity contribution in [2.45, 2.75) is 44.6 Å². The fraction of sp³-hybridized carbons (Fsp3) is 0.438. The molecule has 0 heterocycles. The topological polar surface area (TPSA) is 95.5 Å². The predicted molar refractivity (Wildman–Crippen MR) is 81.7 cm³/mol. The van der Waals surface area contributed by atoms with Crippen molar-refractivity contribution in [1.82, 2.24) is 5.32 Å². The quantitative estimate of drug-likeness (QED) is 0.641. The summed E-state index contributed by atoms with van der Waals surface area (Å²) in [5.74, 6) is -1.09. The lowest BCUT2D eigenvalue weighted by molar-refractivity contribution is -0.137. The van der Waals surface area contributed by atoms with Crippen LogP contribution >= 0.6 is 0 Å². The molecule has 0 spiro atoms. The number of amides is 2. The van der Waals surface area contributed by atoms with Gasteiger partial charge in [0.05, 0.1) is 0 Å². The normalized spacial score (nSPS) is 13.5. The van der Waals surface area contributed by atoms with Gasteiger partial charge < -0.3 is 15.7 Å². The van der Waals surface area contributed by atoms with Crippen LogP contribution in [0.1, 0.15) is 48.9 Å². The first kappa shape index (κ1) is 16.0. The maximum atomic E-state index is 11.8. The average molecular weight is 304 g/mol. The molecule has 1 aromatic rings. The smallest absolute Gasteiger partial charge is 0.303 e. The number of hydrogen-bond donors (Lipinski definition) is 3. The van der Waals surface area contributed by atoms with E-state index in [4.69, 9.17) is 5.11 Å². The van der Waals surface area contributed by atoms with Crippen molar-refractivity contribution in [3.8, 4) is 0 Å². The molecular formula is C16H20N2O4. The zero-order chi connectivity index (χ0) is 15.9. The van der Waals surface area contributed by atoms with E-state index in [9.17, 15) is 14.4 Å². The monoisotopic (exact) mass is 304 g/mol. The van der Waals surface area contributed by atoms with Gasteiger partial charge in [0.1, 0.15) is 0 Å². The van der Waals surface area contributed by atoms with Crippen molar-refractivity contribution >= 4 is 23.5 Å². The van der Waals surface area contributed by atoms with Gasteiger partial charge in [-0.3, -0.25) is 14.4 Å². The van der Waals surface area contributed by atoms with Gasteiger partial charge in [-0.15, -0.1) is 0 Å². The van der Waals surface area contributed by atoms with Gasteiger partial charge in [-0.1, -0.05) is 0 Å². The number of hydrogen-bond acceptors (Lipinski definition) is 3. The maximum Gasteiger partial charge on any atom is 0.303 e. The standard InChI is InChI=1S/C16H20N2O4/c19-14(3-1-2-4-15(20)21)17-12-7-5-11(6-8-12)16(22)18-13-9-10-13/h5-8,13H,1-4,9-10H2,(H,17,19)(H,18,22)(H,20,21). The molecule has 0 aromatic heterocycles. The van der Waals surface area contributed by atoms with Gasteiger partial charge in [0.2, 0.25) is 5.91 Å². The molecule has 2 rings (SSSR count). The average Bonchev–Trinajstić information content (AvgIpc) is 3.28. The first-order valence-electron chi connectivity index (χ1n) is 7.47. The Balaban J connectivity index is 1.74. The molecule has 118 valence electrons. The lowest BCUT2D eigenvalue weighted by Gasteiger charge is -2.07. The van der Waals surface area contributed by atoms with Gasteiger partial charge in [-0.25, -0.2) is 0 Å². The second-order valence-corrected chi connectivity index (χ2v) is 5.47. The van der Waals surface area contributed by atoms with E-state index in [1.165, 1.54) is 0 Å². The summed E-state index contributed by atoms with van der Waals surface area (Å²) >= 11 is 0. The Morgan fingerprint density at radius 1 is 1.05 bits per heavy atom. The first-order valence-corrected chi connectivity index (χ1v) is 7.47. The van der Waals surface area contributed by atoms with Gasteiger partial charge in [-0.05, 0) is 49.9 Å². The molecular weight excluding hydrogens is 284 g/mol. The van der Waals surface area contributed by atoms with Gasteiger partial charge in [0.25, 0.3) is 5.91 Å². The summed E-state index contributed by atoms with van der Waals surface area (Å²) in [5.41, 5.74) is 1.21. The molecule has 0 radical (unpaired) electrons. The Hall–Kier alpha value is -2.37. The van der Waals surface area contributed by atoms with Crippen molar-refractivity contribution in [2.75, 3.05) is 5.32 Å². The van der Waals surface area contributed by atoms with E-state index < -0.39 is 5.97 Å². The van der Waals surface area contributed by atoms with Crippen LogP contribution in [0.2, 0.25) is 0 Å². The summed E-state index contributed by atoms with van der Waals surface area (Å²) < 4.78 is 0. The molecule has 2 amide bonds. The van der Waals surface area contributed by atoms with Gasteiger partial charge in [-0.2, -0.15) is 0 Å². The third kappa shape index (κ3) is 5.55. The number of anilines is 1.